The molecule has 1 fully saturated rings. The Labute approximate surface area is 176 Å². The number of hydrogen-bond donors (Lipinski definition) is 1. The van der Waals surface area contributed by atoms with Crippen LogP contribution >= 0.6 is 0 Å². The van der Waals surface area contributed by atoms with Crippen LogP contribution in [0.4, 0.5) is 4.39 Å². The second-order valence-corrected chi connectivity index (χ2v) is 9.54. The van der Waals surface area contributed by atoms with Crippen molar-refractivity contribution in [3.05, 3.63) is 53.6 Å². The van der Waals surface area contributed by atoms with Gasteiger partial charge >= 0.3 is 0 Å². The highest BCUT2D eigenvalue weighted by atomic mass is 19.1. The van der Waals surface area contributed by atoms with E-state index >= 15 is 0 Å². The van der Waals surface area contributed by atoms with Crippen LogP contribution in [-0.2, 0) is 5.41 Å². The summed E-state index contributed by atoms with van der Waals surface area (Å²) in [4.78, 5) is 19.9. The predicted molar refractivity (Wildman–Crippen MR) is 115 cm³/mol. The molecule has 0 radical (unpaired) electrons. The van der Waals surface area contributed by atoms with Crippen LogP contribution in [0.2, 0.25) is 0 Å². The summed E-state index contributed by atoms with van der Waals surface area (Å²) in [5.41, 5.74) is 3.07. The van der Waals surface area contributed by atoms with Crippen molar-refractivity contribution in [1.82, 2.24) is 24.8 Å². The number of aromatic nitrogens is 3. The smallest absolute Gasteiger partial charge is 0.274 e. The summed E-state index contributed by atoms with van der Waals surface area (Å²) in [6.07, 6.45) is 1.71. The van der Waals surface area contributed by atoms with Gasteiger partial charge in [0.25, 0.3) is 5.91 Å². The van der Waals surface area contributed by atoms with Crippen molar-refractivity contribution in [1.29, 1.82) is 0 Å². The van der Waals surface area contributed by atoms with E-state index in [1.807, 2.05) is 11.0 Å². The fourth-order valence-electron chi connectivity index (χ4n) is 3.89. The van der Waals surface area contributed by atoms with Crippen LogP contribution in [0.15, 0.2) is 36.5 Å². The number of benzene rings is 1. The normalized spacial score (nSPS) is 16.8. The lowest BCUT2D eigenvalue weighted by molar-refractivity contribution is 0.0472. The summed E-state index contributed by atoms with van der Waals surface area (Å²) in [7, 11) is 0. The number of nitrogens with zero attached hydrogens (tertiary/aromatic N) is 4. The van der Waals surface area contributed by atoms with Gasteiger partial charge in [-0.3, -0.25) is 4.79 Å². The van der Waals surface area contributed by atoms with Gasteiger partial charge in [-0.2, -0.15) is 5.10 Å². The molecule has 1 aliphatic rings. The number of amides is 1. The molecule has 6 nitrogen and oxygen atoms in total. The van der Waals surface area contributed by atoms with Crippen LogP contribution in [0.3, 0.4) is 0 Å². The molecule has 0 bridgehead atoms. The van der Waals surface area contributed by atoms with Crippen LogP contribution < -0.4 is 5.32 Å². The van der Waals surface area contributed by atoms with E-state index in [2.05, 4.69) is 45.0 Å². The third-order valence-corrected chi connectivity index (χ3v) is 5.64. The van der Waals surface area contributed by atoms with Gasteiger partial charge in [0.05, 0.1) is 17.4 Å². The number of carbonyl (C=O) groups excluding carboxylic acids is 1. The summed E-state index contributed by atoms with van der Waals surface area (Å²) in [5, 5.41) is 8.02. The Morgan fingerprint density at radius 2 is 1.90 bits per heavy atom. The summed E-state index contributed by atoms with van der Waals surface area (Å²) >= 11 is 0. The minimum absolute atomic E-state index is 0.0878. The fourth-order valence-corrected chi connectivity index (χ4v) is 3.89. The Morgan fingerprint density at radius 3 is 2.53 bits per heavy atom. The molecule has 3 heterocycles. The first kappa shape index (κ1) is 20.5. The highest BCUT2D eigenvalue weighted by molar-refractivity contribution is 5.93. The van der Waals surface area contributed by atoms with Gasteiger partial charge in [0.15, 0.2) is 5.65 Å². The van der Waals surface area contributed by atoms with Crippen LogP contribution in [0.25, 0.3) is 16.9 Å². The maximum Gasteiger partial charge on any atom is 0.274 e. The van der Waals surface area contributed by atoms with Gasteiger partial charge in [-0.25, -0.2) is 13.9 Å². The Balaban J connectivity index is 1.83. The molecular formula is C23H28FN5O. The number of halogens is 1. The molecule has 2 aromatic heterocycles. The quantitative estimate of drug-likeness (QED) is 0.702. The first-order valence-electron chi connectivity index (χ1n) is 10.3. The molecule has 1 saturated heterocycles. The number of hydrogen-bond acceptors (Lipinski definition) is 4. The molecule has 1 aromatic carbocycles. The molecule has 7 heteroatoms. The molecule has 30 heavy (non-hydrogen) atoms. The Hall–Kier alpha value is -2.80. The molecule has 1 aliphatic heterocycles. The third kappa shape index (κ3) is 3.69. The number of carbonyl (C=O) groups is 1. The van der Waals surface area contributed by atoms with E-state index in [0.717, 1.165) is 24.2 Å². The van der Waals surface area contributed by atoms with Crippen molar-refractivity contribution >= 4 is 11.6 Å². The van der Waals surface area contributed by atoms with Crippen LogP contribution in [0, 0.1) is 5.82 Å². The Bertz CT molecular complexity index is 1100. The van der Waals surface area contributed by atoms with E-state index < -0.39 is 0 Å². The lowest BCUT2D eigenvalue weighted by atomic mass is 9.87. The molecule has 3 aromatic rings. The van der Waals surface area contributed by atoms with Crippen LogP contribution in [0.1, 0.15) is 50.7 Å². The predicted octanol–water partition coefficient (Wildman–Crippen LogP) is 3.66. The van der Waals surface area contributed by atoms with Crippen LogP contribution in [-0.4, -0.2) is 50.6 Å². The van der Waals surface area contributed by atoms with E-state index in [0.29, 0.717) is 23.6 Å². The van der Waals surface area contributed by atoms with E-state index in [4.69, 9.17) is 4.98 Å². The molecule has 0 atom stereocenters. The zero-order valence-corrected chi connectivity index (χ0v) is 18.2. The molecule has 0 unspecified atom stereocenters. The monoisotopic (exact) mass is 409 g/mol. The summed E-state index contributed by atoms with van der Waals surface area (Å²) in [5.74, 6) is -0.375. The van der Waals surface area contributed by atoms with Gasteiger partial charge in [-0.05, 0) is 49.6 Å². The largest absolute Gasteiger partial charge is 0.330 e. The average Bonchev–Trinajstić information content (AvgIpc) is 3.10. The SMILES string of the molecule is CC(C)(C)c1cc(-c2ccc(F)cc2)nn2cc(C(=O)N3CCNCC3(C)C)nc12. The van der Waals surface area contributed by atoms with E-state index in [9.17, 15) is 9.18 Å². The average molecular weight is 410 g/mol. The standard InChI is InChI=1S/C23H28FN5O/c1-22(2,3)17-12-18(15-6-8-16(24)9-7-15)27-29-13-19(26-20(17)29)21(30)28-11-10-25-14-23(28,4)5/h6-9,12-13,25H,10-11,14H2,1-5H3. The topological polar surface area (TPSA) is 62.5 Å². The van der Waals surface area contributed by atoms with Crippen molar-refractivity contribution in [2.24, 2.45) is 0 Å². The van der Waals surface area contributed by atoms with Gasteiger partial charge in [-0.1, -0.05) is 20.8 Å². The minimum Gasteiger partial charge on any atom is -0.330 e. The third-order valence-electron chi connectivity index (χ3n) is 5.64. The lowest BCUT2D eigenvalue weighted by Crippen LogP contribution is -2.59. The molecule has 0 aliphatic carbocycles. The highest BCUT2D eigenvalue weighted by Gasteiger charge is 2.35. The fraction of sp³-hybridized carbons (Fsp3) is 0.435. The maximum absolute atomic E-state index is 13.4. The molecule has 158 valence electrons. The second kappa shape index (κ2) is 7.16. The second-order valence-electron chi connectivity index (χ2n) is 9.54. The molecule has 0 saturated carbocycles. The minimum atomic E-state index is -0.287. The summed E-state index contributed by atoms with van der Waals surface area (Å²) in [6.45, 7) is 12.6. The van der Waals surface area contributed by atoms with E-state index in [1.54, 1.807) is 22.8 Å². The first-order valence-corrected chi connectivity index (χ1v) is 10.3. The van der Waals surface area contributed by atoms with Gasteiger partial charge in [-0.15, -0.1) is 0 Å². The summed E-state index contributed by atoms with van der Waals surface area (Å²) < 4.78 is 15.1. The van der Waals surface area contributed by atoms with Crippen molar-refractivity contribution in [2.75, 3.05) is 19.6 Å². The maximum atomic E-state index is 13.4. The molecule has 0 spiro atoms. The number of nitrogens with one attached hydrogen (secondary N) is 1. The molecule has 1 amide bonds. The first-order chi connectivity index (χ1) is 14.1. The zero-order valence-electron chi connectivity index (χ0n) is 18.2. The van der Waals surface area contributed by atoms with Crippen molar-refractivity contribution in [2.45, 2.75) is 45.6 Å². The van der Waals surface area contributed by atoms with E-state index in [-0.39, 0.29) is 22.7 Å². The van der Waals surface area contributed by atoms with Crippen molar-refractivity contribution < 1.29 is 9.18 Å². The van der Waals surface area contributed by atoms with Gasteiger partial charge in [0.2, 0.25) is 0 Å². The summed E-state index contributed by atoms with van der Waals surface area (Å²) in [6, 6.07) is 8.25. The van der Waals surface area contributed by atoms with Gasteiger partial charge in [0.1, 0.15) is 11.5 Å². The number of imidazole rings is 1. The molecule has 1 N–H and O–H groups in total. The van der Waals surface area contributed by atoms with Gasteiger partial charge in [0, 0.05) is 30.8 Å². The molecular weight excluding hydrogens is 381 g/mol. The number of fused-ring (bicyclic) bond motifs is 1. The Kier molecular flexibility index (Phi) is 4.89. The van der Waals surface area contributed by atoms with E-state index in [1.165, 1.54) is 12.1 Å². The number of piperazine rings is 1. The molecule has 4 rings (SSSR count). The lowest BCUT2D eigenvalue weighted by Gasteiger charge is -2.42. The highest BCUT2D eigenvalue weighted by Crippen LogP contribution is 2.30. The van der Waals surface area contributed by atoms with Crippen molar-refractivity contribution in [3.8, 4) is 11.3 Å². The Morgan fingerprint density at radius 1 is 1.20 bits per heavy atom. The van der Waals surface area contributed by atoms with Gasteiger partial charge < -0.3 is 10.2 Å². The van der Waals surface area contributed by atoms with Crippen molar-refractivity contribution in [3.63, 3.8) is 0 Å². The van der Waals surface area contributed by atoms with Crippen LogP contribution in [0.5, 0.6) is 0 Å². The number of rotatable bonds is 2. The zero-order chi connectivity index (χ0) is 21.7.